The SMILES string of the molecule is CC(C)COc1ccccc1/C=N\Nc1cn[nH]c(=O)c1Cl. The minimum Gasteiger partial charge on any atom is -0.493 e. The third-order valence-corrected chi connectivity index (χ3v) is 3.05. The van der Waals surface area contributed by atoms with Gasteiger partial charge >= 0.3 is 0 Å². The van der Waals surface area contributed by atoms with Crippen molar-refractivity contribution >= 4 is 23.5 Å². The maximum atomic E-state index is 11.3. The van der Waals surface area contributed by atoms with Crippen molar-refractivity contribution in [2.24, 2.45) is 11.0 Å². The molecule has 22 heavy (non-hydrogen) atoms. The maximum absolute atomic E-state index is 11.3. The van der Waals surface area contributed by atoms with Gasteiger partial charge in [-0.05, 0) is 18.1 Å². The lowest BCUT2D eigenvalue weighted by Crippen LogP contribution is -2.10. The normalized spacial score (nSPS) is 11.1. The van der Waals surface area contributed by atoms with E-state index in [4.69, 9.17) is 16.3 Å². The maximum Gasteiger partial charge on any atom is 0.285 e. The van der Waals surface area contributed by atoms with Crippen molar-refractivity contribution in [2.75, 3.05) is 12.0 Å². The van der Waals surface area contributed by atoms with Gasteiger partial charge in [0.2, 0.25) is 0 Å². The van der Waals surface area contributed by atoms with Crippen LogP contribution in [0.2, 0.25) is 5.02 Å². The molecule has 1 aromatic heterocycles. The number of rotatable bonds is 6. The van der Waals surface area contributed by atoms with E-state index in [0.29, 0.717) is 18.2 Å². The number of H-pyrrole nitrogens is 1. The van der Waals surface area contributed by atoms with Gasteiger partial charge in [-0.3, -0.25) is 10.2 Å². The van der Waals surface area contributed by atoms with Crippen LogP contribution in [0, 0.1) is 5.92 Å². The fraction of sp³-hybridized carbons (Fsp3) is 0.267. The molecule has 0 aliphatic rings. The molecule has 0 aliphatic heterocycles. The van der Waals surface area contributed by atoms with Crippen LogP contribution in [0.3, 0.4) is 0 Å². The number of hydrogen-bond acceptors (Lipinski definition) is 5. The molecule has 0 unspecified atom stereocenters. The summed E-state index contributed by atoms with van der Waals surface area (Å²) in [5.41, 5.74) is 3.38. The van der Waals surface area contributed by atoms with Crippen molar-refractivity contribution in [3.63, 3.8) is 0 Å². The zero-order valence-electron chi connectivity index (χ0n) is 12.3. The number of ether oxygens (including phenoxy) is 1. The first-order valence-corrected chi connectivity index (χ1v) is 7.20. The highest BCUT2D eigenvalue weighted by atomic mass is 35.5. The number of nitrogens with one attached hydrogen (secondary N) is 2. The molecule has 1 heterocycles. The van der Waals surface area contributed by atoms with Crippen LogP contribution >= 0.6 is 11.6 Å². The summed E-state index contributed by atoms with van der Waals surface area (Å²) in [6, 6.07) is 7.56. The van der Waals surface area contributed by atoms with Crippen molar-refractivity contribution in [1.82, 2.24) is 10.2 Å². The van der Waals surface area contributed by atoms with Gasteiger partial charge in [-0.2, -0.15) is 10.2 Å². The summed E-state index contributed by atoms with van der Waals surface area (Å²) in [5.74, 6) is 1.18. The van der Waals surface area contributed by atoms with Gasteiger partial charge in [0.05, 0.1) is 19.0 Å². The van der Waals surface area contributed by atoms with E-state index in [1.54, 1.807) is 6.21 Å². The van der Waals surface area contributed by atoms with Crippen LogP contribution in [-0.4, -0.2) is 23.0 Å². The topological polar surface area (TPSA) is 79.4 Å². The van der Waals surface area contributed by atoms with Crippen molar-refractivity contribution < 1.29 is 4.74 Å². The van der Waals surface area contributed by atoms with Crippen molar-refractivity contribution in [1.29, 1.82) is 0 Å². The third-order valence-electron chi connectivity index (χ3n) is 2.68. The van der Waals surface area contributed by atoms with Crippen LogP contribution in [0.25, 0.3) is 0 Å². The van der Waals surface area contributed by atoms with E-state index in [2.05, 4.69) is 34.6 Å². The molecule has 0 radical (unpaired) electrons. The summed E-state index contributed by atoms with van der Waals surface area (Å²) in [4.78, 5) is 11.3. The fourth-order valence-electron chi connectivity index (χ4n) is 1.61. The molecule has 0 saturated heterocycles. The quantitative estimate of drug-likeness (QED) is 0.633. The van der Waals surface area contributed by atoms with Gasteiger partial charge in [-0.15, -0.1) is 0 Å². The number of aromatic amines is 1. The molecule has 0 saturated carbocycles. The number of anilines is 1. The van der Waals surface area contributed by atoms with E-state index in [9.17, 15) is 4.79 Å². The first-order valence-electron chi connectivity index (χ1n) is 6.82. The average molecular weight is 321 g/mol. The van der Waals surface area contributed by atoms with Crippen molar-refractivity contribution in [3.05, 3.63) is 51.4 Å². The molecule has 0 amide bonds. The molecule has 6 nitrogen and oxygen atoms in total. The van der Waals surface area contributed by atoms with Crippen LogP contribution < -0.4 is 15.7 Å². The number of halogens is 1. The predicted molar refractivity (Wildman–Crippen MR) is 87.9 cm³/mol. The van der Waals surface area contributed by atoms with E-state index in [1.807, 2.05) is 24.3 Å². The van der Waals surface area contributed by atoms with E-state index in [1.165, 1.54) is 6.20 Å². The Kier molecular flexibility index (Phi) is 5.55. The van der Waals surface area contributed by atoms with Gasteiger partial charge in [0.15, 0.2) is 0 Å². The average Bonchev–Trinajstić information content (AvgIpc) is 2.50. The predicted octanol–water partition coefficient (Wildman–Crippen LogP) is 2.90. The van der Waals surface area contributed by atoms with Crippen molar-refractivity contribution in [2.45, 2.75) is 13.8 Å². The molecule has 0 aliphatic carbocycles. The van der Waals surface area contributed by atoms with E-state index in [-0.39, 0.29) is 5.02 Å². The Labute approximate surface area is 133 Å². The molecular formula is C15H17ClN4O2. The van der Waals surface area contributed by atoms with Crippen LogP contribution in [0.1, 0.15) is 19.4 Å². The molecule has 2 N–H and O–H groups in total. The summed E-state index contributed by atoms with van der Waals surface area (Å²) in [6.45, 7) is 4.79. The molecule has 0 fully saturated rings. The monoisotopic (exact) mass is 320 g/mol. The highest BCUT2D eigenvalue weighted by molar-refractivity contribution is 6.32. The Bertz CT molecular complexity index is 713. The molecule has 2 aromatic rings. The van der Waals surface area contributed by atoms with E-state index < -0.39 is 5.56 Å². The zero-order chi connectivity index (χ0) is 15.9. The molecule has 2 rings (SSSR count). The molecular weight excluding hydrogens is 304 g/mol. The first kappa shape index (κ1) is 16.0. The second-order valence-electron chi connectivity index (χ2n) is 5.04. The summed E-state index contributed by atoms with van der Waals surface area (Å²) < 4.78 is 5.73. The lowest BCUT2D eigenvalue weighted by molar-refractivity contribution is 0.271. The summed E-state index contributed by atoms with van der Waals surface area (Å²) in [7, 11) is 0. The molecule has 1 aromatic carbocycles. The standard InChI is InChI=1S/C15H17ClN4O2/c1-10(2)9-22-13-6-4-3-5-11(13)7-17-19-12-8-18-20-15(21)14(12)16/h3-8,10H,9H2,1-2H3,(H2,19,20,21)/b17-7-. The Morgan fingerprint density at radius 1 is 1.45 bits per heavy atom. The highest BCUT2D eigenvalue weighted by Gasteiger charge is 2.04. The first-order chi connectivity index (χ1) is 10.6. The Morgan fingerprint density at radius 3 is 3.00 bits per heavy atom. The number of nitrogens with zero attached hydrogens (tertiary/aromatic N) is 2. The van der Waals surface area contributed by atoms with Gasteiger partial charge in [-0.1, -0.05) is 37.6 Å². The smallest absolute Gasteiger partial charge is 0.285 e. The fourth-order valence-corrected chi connectivity index (χ4v) is 1.74. The largest absolute Gasteiger partial charge is 0.493 e. The Hall–Kier alpha value is -2.34. The van der Waals surface area contributed by atoms with Gasteiger partial charge in [0.1, 0.15) is 16.5 Å². The molecule has 7 heteroatoms. The summed E-state index contributed by atoms with van der Waals surface area (Å²) in [5, 5.41) is 9.97. The minimum absolute atomic E-state index is 0.0106. The number of aromatic nitrogens is 2. The Morgan fingerprint density at radius 2 is 2.23 bits per heavy atom. The number of benzene rings is 1. The van der Waals surface area contributed by atoms with Gasteiger partial charge in [-0.25, -0.2) is 5.10 Å². The van der Waals surface area contributed by atoms with Crippen LogP contribution in [0.4, 0.5) is 5.69 Å². The molecule has 0 bridgehead atoms. The van der Waals surface area contributed by atoms with E-state index >= 15 is 0 Å². The summed E-state index contributed by atoms with van der Waals surface area (Å²) >= 11 is 5.85. The van der Waals surface area contributed by atoms with E-state index in [0.717, 1.165) is 11.3 Å². The Balaban J connectivity index is 2.10. The highest BCUT2D eigenvalue weighted by Crippen LogP contribution is 2.18. The third kappa shape index (κ3) is 4.33. The minimum atomic E-state index is -0.470. The lowest BCUT2D eigenvalue weighted by Gasteiger charge is -2.10. The number of para-hydroxylation sites is 1. The van der Waals surface area contributed by atoms with Gasteiger partial charge in [0.25, 0.3) is 5.56 Å². The molecule has 0 atom stereocenters. The lowest BCUT2D eigenvalue weighted by atomic mass is 10.2. The summed E-state index contributed by atoms with van der Waals surface area (Å²) in [6.07, 6.45) is 3.00. The van der Waals surface area contributed by atoms with Crippen molar-refractivity contribution in [3.8, 4) is 5.75 Å². The second kappa shape index (κ2) is 7.61. The van der Waals surface area contributed by atoms with Crippen LogP contribution in [0.5, 0.6) is 5.75 Å². The van der Waals surface area contributed by atoms with Crippen LogP contribution in [-0.2, 0) is 0 Å². The van der Waals surface area contributed by atoms with Crippen LogP contribution in [0.15, 0.2) is 40.4 Å². The molecule has 0 spiro atoms. The second-order valence-corrected chi connectivity index (χ2v) is 5.42. The number of hydrogen-bond donors (Lipinski definition) is 2. The van der Waals surface area contributed by atoms with Gasteiger partial charge in [0, 0.05) is 5.56 Å². The number of hydrazone groups is 1. The molecule has 116 valence electrons. The van der Waals surface area contributed by atoms with Gasteiger partial charge < -0.3 is 4.74 Å². The zero-order valence-corrected chi connectivity index (χ0v) is 13.1.